The topological polar surface area (TPSA) is 84.9 Å². The molecule has 1 aliphatic rings. The molecule has 1 N–H and O–H groups in total. The number of ether oxygens (including phenoxy) is 2. The van der Waals surface area contributed by atoms with E-state index in [2.05, 4.69) is 9.46 Å². The number of likely N-dealkylation sites (tertiary alicyclic amines) is 1. The van der Waals surface area contributed by atoms with Gasteiger partial charge in [0, 0.05) is 19.6 Å². The van der Waals surface area contributed by atoms with Crippen molar-refractivity contribution < 1.29 is 22.7 Å². The number of sulfonamides is 1. The summed E-state index contributed by atoms with van der Waals surface area (Å²) in [6, 6.07) is 6.51. The summed E-state index contributed by atoms with van der Waals surface area (Å²) in [6.07, 6.45) is 1.14. The Morgan fingerprint density at radius 3 is 2.52 bits per heavy atom. The summed E-state index contributed by atoms with van der Waals surface area (Å²) in [6.45, 7) is 1.50. The maximum atomic E-state index is 12.4. The molecule has 0 aromatic heterocycles. The first kappa shape index (κ1) is 17.6. The molecule has 0 bridgehead atoms. The molecule has 0 atom stereocenters. The van der Waals surface area contributed by atoms with Crippen LogP contribution in [0.1, 0.15) is 12.8 Å². The third-order valence-corrected chi connectivity index (χ3v) is 5.43. The van der Waals surface area contributed by atoms with Crippen molar-refractivity contribution in [2.24, 2.45) is 5.92 Å². The smallest absolute Gasteiger partial charge is 0.409 e. The van der Waals surface area contributed by atoms with Crippen LogP contribution in [0.3, 0.4) is 0 Å². The summed E-state index contributed by atoms with van der Waals surface area (Å²) in [5.74, 6) is 0.515. The van der Waals surface area contributed by atoms with Crippen molar-refractivity contribution in [2.45, 2.75) is 17.7 Å². The molecule has 0 spiro atoms. The number of rotatable bonds is 5. The average molecular weight is 342 g/mol. The number of carbonyl (C=O) groups excluding carboxylic acids is 1. The molecule has 0 aliphatic carbocycles. The monoisotopic (exact) mass is 342 g/mol. The fourth-order valence-electron chi connectivity index (χ4n) is 2.59. The van der Waals surface area contributed by atoms with Crippen LogP contribution in [0.5, 0.6) is 5.75 Å². The van der Waals surface area contributed by atoms with Gasteiger partial charge in [0.15, 0.2) is 0 Å². The zero-order valence-electron chi connectivity index (χ0n) is 13.3. The van der Waals surface area contributed by atoms with E-state index in [-0.39, 0.29) is 16.9 Å². The molecule has 1 saturated heterocycles. The van der Waals surface area contributed by atoms with E-state index in [9.17, 15) is 13.2 Å². The highest BCUT2D eigenvalue weighted by molar-refractivity contribution is 7.89. The van der Waals surface area contributed by atoms with Crippen molar-refractivity contribution in [2.75, 3.05) is 33.9 Å². The van der Waals surface area contributed by atoms with E-state index >= 15 is 0 Å². The molecule has 0 saturated carbocycles. The van der Waals surface area contributed by atoms with E-state index in [1.54, 1.807) is 23.1 Å². The van der Waals surface area contributed by atoms with Crippen molar-refractivity contribution in [1.29, 1.82) is 0 Å². The van der Waals surface area contributed by atoms with Crippen molar-refractivity contribution in [1.82, 2.24) is 9.62 Å². The van der Waals surface area contributed by atoms with Gasteiger partial charge in [-0.05, 0) is 30.9 Å². The summed E-state index contributed by atoms with van der Waals surface area (Å²) < 4.78 is 37.2. The van der Waals surface area contributed by atoms with Crippen LogP contribution in [0.2, 0.25) is 0 Å². The van der Waals surface area contributed by atoms with Gasteiger partial charge in [-0.1, -0.05) is 12.1 Å². The summed E-state index contributed by atoms with van der Waals surface area (Å²) in [5, 5.41) is 0. The minimum atomic E-state index is -3.62. The fourth-order valence-corrected chi connectivity index (χ4v) is 3.88. The second kappa shape index (κ2) is 7.65. The molecule has 0 radical (unpaired) electrons. The third kappa shape index (κ3) is 4.35. The van der Waals surface area contributed by atoms with Gasteiger partial charge in [-0.25, -0.2) is 17.9 Å². The maximum Gasteiger partial charge on any atom is 0.409 e. The summed E-state index contributed by atoms with van der Waals surface area (Å²) in [7, 11) is -0.819. The van der Waals surface area contributed by atoms with Gasteiger partial charge in [-0.15, -0.1) is 0 Å². The molecule has 1 aliphatic heterocycles. The van der Waals surface area contributed by atoms with Crippen LogP contribution < -0.4 is 9.46 Å². The lowest BCUT2D eigenvalue weighted by molar-refractivity contribution is 0.106. The molecule has 1 fully saturated rings. The molecular weight excluding hydrogens is 320 g/mol. The number of amides is 1. The minimum Gasteiger partial charge on any atom is -0.495 e. The van der Waals surface area contributed by atoms with Gasteiger partial charge in [0.2, 0.25) is 10.0 Å². The summed E-state index contributed by atoms with van der Waals surface area (Å²) in [4.78, 5) is 13.2. The minimum absolute atomic E-state index is 0.134. The highest BCUT2D eigenvalue weighted by Crippen LogP contribution is 2.23. The Kier molecular flexibility index (Phi) is 5.84. The van der Waals surface area contributed by atoms with Crippen LogP contribution >= 0.6 is 0 Å². The van der Waals surface area contributed by atoms with Gasteiger partial charge in [-0.2, -0.15) is 0 Å². The van der Waals surface area contributed by atoms with E-state index in [0.29, 0.717) is 25.4 Å². The molecule has 1 aromatic carbocycles. The van der Waals surface area contributed by atoms with Gasteiger partial charge in [-0.3, -0.25) is 0 Å². The second-order valence-electron chi connectivity index (χ2n) is 5.40. The van der Waals surface area contributed by atoms with Gasteiger partial charge in [0.1, 0.15) is 10.6 Å². The lowest BCUT2D eigenvalue weighted by Gasteiger charge is -2.30. The molecule has 2 rings (SSSR count). The second-order valence-corrected chi connectivity index (χ2v) is 7.14. The third-order valence-electron chi connectivity index (χ3n) is 3.97. The first-order valence-electron chi connectivity index (χ1n) is 7.43. The van der Waals surface area contributed by atoms with Gasteiger partial charge in [0.05, 0.1) is 14.2 Å². The first-order valence-corrected chi connectivity index (χ1v) is 8.92. The summed E-state index contributed by atoms with van der Waals surface area (Å²) in [5.41, 5.74) is 0. The van der Waals surface area contributed by atoms with Crippen LogP contribution in [0.4, 0.5) is 4.79 Å². The van der Waals surface area contributed by atoms with Crippen LogP contribution in [-0.2, 0) is 14.8 Å². The largest absolute Gasteiger partial charge is 0.495 e. The summed E-state index contributed by atoms with van der Waals surface area (Å²) >= 11 is 0. The van der Waals surface area contributed by atoms with Crippen molar-refractivity contribution >= 4 is 16.1 Å². The van der Waals surface area contributed by atoms with Crippen LogP contribution in [0, 0.1) is 5.92 Å². The number of hydrogen-bond acceptors (Lipinski definition) is 5. The zero-order chi connectivity index (χ0) is 16.9. The molecule has 0 unspecified atom stereocenters. The Labute approximate surface area is 136 Å². The van der Waals surface area contributed by atoms with Gasteiger partial charge < -0.3 is 14.4 Å². The number of piperidine rings is 1. The molecule has 1 amide bonds. The maximum absolute atomic E-state index is 12.4. The van der Waals surface area contributed by atoms with Crippen LogP contribution in [-0.4, -0.2) is 53.3 Å². The number of benzene rings is 1. The Morgan fingerprint density at radius 1 is 1.26 bits per heavy atom. The quantitative estimate of drug-likeness (QED) is 0.875. The van der Waals surface area contributed by atoms with Crippen molar-refractivity contribution in [3.8, 4) is 5.75 Å². The number of para-hydroxylation sites is 1. The number of nitrogens with zero attached hydrogens (tertiary/aromatic N) is 1. The van der Waals surface area contributed by atoms with E-state index in [0.717, 1.165) is 12.8 Å². The normalized spacial score (nSPS) is 16.2. The van der Waals surface area contributed by atoms with E-state index in [4.69, 9.17) is 4.74 Å². The Morgan fingerprint density at radius 2 is 1.91 bits per heavy atom. The molecule has 1 heterocycles. The highest BCUT2D eigenvalue weighted by Gasteiger charge is 2.25. The lowest BCUT2D eigenvalue weighted by Crippen LogP contribution is -2.41. The first-order chi connectivity index (χ1) is 11.0. The van der Waals surface area contributed by atoms with Crippen molar-refractivity contribution in [3.05, 3.63) is 24.3 Å². The standard InChI is InChI=1S/C15H22N2O5S/c1-21-13-5-3-4-6-14(13)23(19,20)16-11-12-7-9-17(10-8-12)15(18)22-2/h3-6,12,16H,7-11H2,1-2H3. The molecule has 1 aromatic rings. The number of carbonyl (C=O) groups is 1. The Balaban J connectivity index is 1.92. The molecule has 8 heteroatoms. The van der Waals surface area contributed by atoms with E-state index in [1.165, 1.54) is 20.3 Å². The van der Waals surface area contributed by atoms with E-state index < -0.39 is 10.0 Å². The molecule has 128 valence electrons. The SMILES string of the molecule is COC(=O)N1CCC(CNS(=O)(=O)c2ccccc2OC)CC1. The zero-order valence-corrected chi connectivity index (χ0v) is 14.1. The van der Waals surface area contributed by atoms with Gasteiger partial charge >= 0.3 is 6.09 Å². The Hall–Kier alpha value is -1.80. The molecule has 23 heavy (non-hydrogen) atoms. The highest BCUT2D eigenvalue weighted by atomic mass is 32.2. The Bertz CT molecular complexity index is 639. The average Bonchev–Trinajstić information content (AvgIpc) is 2.59. The predicted octanol–water partition coefficient (Wildman–Crippen LogP) is 1.45. The number of nitrogens with one attached hydrogen (secondary N) is 1. The van der Waals surface area contributed by atoms with Crippen molar-refractivity contribution in [3.63, 3.8) is 0 Å². The molecule has 7 nitrogen and oxygen atoms in total. The van der Waals surface area contributed by atoms with E-state index in [1.807, 2.05) is 0 Å². The predicted molar refractivity (Wildman–Crippen MR) is 84.9 cm³/mol. The van der Waals surface area contributed by atoms with Crippen LogP contribution in [0.15, 0.2) is 29.2 Å². The number of hydrogen-bond donors (Lipinski definition) is 1. The van der Waals surface area contributed by atoms with Gasteiger partial charge in [0.25, 0.3) is 0 Å². The van der Waals surface area contributed by atoms with Crippen LogP contribution in [0.25, 0.3) is 0 Å². The lowest BCUT2D eigenvalue weighted by atomic mass is 9.97. The number of methoxy groups -OCH3 is 2. The molecular formula is C15H22N2O5S. The fraction of sp³-hybridized carbons (Fsp3) is 0.533.